The van der Waals surface area contributed by atoms with Crippen LogP contribution in [0.15, 0.2) is 24.3 Å². The quantitative estimate of drug-likeness (QED) is 0.775. The first-order valence-corrected chi connectivity index (χ1v) is 7.10. The molecule has 0 unspecified atom stereocenters. The summed E-state index contributed by atoms with van der Waals surface area (Å²) in [5.74, 6) is 0. The van der Waals surface area contributed by atoms with Crippen molar-refractivity contribution in [2.75, 3.05) is 11.9 Å². The molecule has 6 nitrogen and oxygen atoms in total. The smallest absolute Gasteiger partial charge is 0.319 e. The number of amides is 2. The Morgan fingerprint density at radius 2 is 2.17 bits per heavy atom. The Labute approximate surface area is 111 Å². The molecule has 0 bridgehead atoms. The minimum Gasteiger partial charge on any atom is -0.337 e. The minimum atomic E-state index is -3.64. The molecule has 1 aromatic rings. The van der Waals surface area contributed by atoms with Crippen LogP contribution >= 0.6 is 11.6 Å². The Bertz CT molecular complexity index is 533. The van der Waals surface area contributed by atoms with Gasteiger partial charge in [0.15, 0.2) is 0 Å². The highest BCUT2D eigenvalue weighted by Gasteiger charge is 2.16. The number of nitrogens with one attached hydrogen (secondary N) is 2. The maximum atomic E-state index is 11.5. The molecule has 1 atom stereocenters. The van der Waals surface area contributed by atoms with E-state index in [0.717, 1.165) is 0 Å². The van der Waals surface area contributed by atoms with Gasteiger partial charge in [-0.2, -0.15) is 0 Å². The summed E-state index contributed by atoms with van der Waals surface area (Å²) in [5.41, 5.74) is 0.517. The van der Waals surface area contributed by atoms with Crippen LogP contribution < -0.4 is 15.8 Å². The monoisotopic (exact) mass is 291 g/mol. The fraction of sp³-hybridized carbons (Fsp3) is 0.300. The van der Waals surface area contributed by atoms with Gasteiger partial charge in [-0.3, -0.25) is 0 Å². The summed E-state index contributed by atoms with van der Waals surface area (Å²) in [7, 11) is -3.64. The molecular weight excluding hydrogens is 278 g/mol. The molecule has 100 valence electrons. The number of urea groups is 1. The van der Waals surface area contributed by atoms with Crippen molar-refractivity contribution in [2.24, 2.45) is 5.14 Å². The first-order chi connectivity index (χ1) is 8.29. The van der Waals surface area contributed by atoms with E-state index in [0.29, 0.717) is 10.7 Å². The van der Waals surface area contributed by atoms with E-state index in [1.807, 2.05) is 0 Å². The van der Waals surface area contributed by atoms with Crippen LogP contribution in [0.25, 0.3) is 0 Å². The van der Waals surface area contributed by atoms with Crippen molar-refractivity contribution in [2.45, 2.75) is 12.2 Å². The Balaban J connectivity index is 2.48. The first-order valence-electron chi connectivity index (χ1n) is 5.11. The van der Waals surface area contributed by atoms with Gasteiger partial charge in [0.2, 0.25) is 10.0 Å². The fourth-order valence-electron chi connectivity index (χ4n) is 1.09. The van der Waals surface area contributed by atoms with Gasteiger partial charge in [0.05, 0.1) is 5.25 Å². The molecular formula is C10H14ClN3O3S. The van der Waals surface area contributed by atoms with Gasteiger partial charge in [0.1, 0.15) is 0 Å². The molecule has 8 heteroatoms. The highest BCUT2D eigenvalue weighted by molar-refractivity contribution is 7.89. The predicted octanol–water partition coefficient (Wildman–Crippen LogP) is 1.14. The Kier molecular flexibility index (Phi) is 4.94. The molecule has 0 fully saturated rings. The number of hydrogen-bond acceptors (Lipinski definition) is 3. The zero-order valence-corrected chi connectivity index (χ0v) is 11.3. The number of anilines is 1. The van der Waals surface area contributed by atoms with E-state index >= 15 is 0 Å². The van der Waals surface area contributed by atoms with Gasteiger partial charge < -0.3 is 10.6 Å². The molecule has 1 aromatic carbocycles. The number of nitrogens with two attached hydrogens (primary N) is 1. The second-order valence-electron chi connectivity index (χ2n) is 3.75. The molecule has 0 aliphatic carbocycles. The van der Waals surface area contributed by atoms with Gasteiger partial charge >= 0.3 is 6.03 Å². The van der Waals surface area contributed by atoms with Crippen LogP contribution in [0.4, 0.5) is 10.5 Å². The van der Waals surface area contributed by atoms with Crippen LogP contribution in [0, 0.1) is 0 Å². The molecule has 0 saturated carbocycles. The van der Waals surface area contributed by atoms with Crippen molar-refractivity contribution in [3.63, 3.8) is 0 Å². The summed E-state index contributed by atoms with van der Waals surface area (Å²) in [5, 5.41) is 9.49. The average molecular weight is 292 g/mol. The molecule has 2 amide bonds. The topological polar surface area (TPSA) is 101 Å². The summed E-state index contributed by atoms with van der Waals surface area (Å²) in [6.45, 7) is 1.35. The van der Waals surface area contributed by atoms with Crippen LogP contribution in [0.2, 0.25) is 5.02 Å². The highest BCUT2D eigenvalue weighted by Crippen LogP contribution is 2.14. The van der Waals surface area contributed by atoms with E-state index in [1.54, 1.807) is 24.3 Å². The molecule has 4 N–H and O–H groups in total. The largest absolute Gasteiger partial charge is 0.337 e. The second kappa shape index (κ2) is 6.03. The van der Waals surface area contributed by atoms with Crippen molar-refractivity contribution in [3.8, 4) is 0 Å². The van der Waals surface area contributed by atoms with E-state index < -0.39 is 21.3 Å². The molecule has 0 aliphatic heterocycles. The number of carbonyl (C=O) groups excluding carboxylic acids is 1. The maximum Gasteiger partial charge on any atom is 0.319 e. The number of carbonyl (C=O) groups is 1. The number of halogens is 1. The summed E-state index contributed by atoms with van der Waals surface area (Å²) in [6.07, 6.45) is 0. The minimum absolute atomic E-state index is 0.0643. The molecule has 0 saturated heterocycles. The van der Waals surface area contributed by atoms with Gasteiger partial charge in [0.25, 0.3) is 0 Å². The van der Waals surface area contributed by atoms with Crippen LogP contribution in [0.5, 0.6) is 0 Å². The molecule has 0 spiro atoms. The van der Waals surface area contributed by atoms with Crippen LogP contribution in [-0.2, 0) is 10.0 Å². The van der Waals surface area contributed by atoms with Gasteiger partial charge in [-0.05, 0) is 25.1 Å². The van der Waals surface area contributed by atoms with E-state index in [2.05, 4.69) is 10.6 Å². The summed E-state index contributed by atoms with van der Waals surface area (Å²) in [6, 6.07) is 6.07. The lowest BCUT2D eigenvalue weighted by Crippen LogP contribution is -2.39. The van der Waals surface area contributed by atoms with E-state index in [4.69, 9.17) is 16.7 Å². The Hall–Kier alpha value is -1.31. The van der Waals surface area contributed by atoms with Crippen molar-refractivity contribution in [1.29, 1.82) is 0 Å². The Morgan fingerprint density at radius 1 is 1.50 bits per heavy atom. The molecule has 18 heavy (non-hydrogen) atoms. The SMILES string of the molecule is C[C@@H](CNC(=O)Nc1cccc(Cl)c1)S(N)(=O)=O. The van der Waals surface area contributed by atoms with Gasteiger partial charge in [-0.25, -0.2) is 18.4 Å². The third-order valence-corrected chi connectivity index (χ3v) is 3.72. The molecule has 0 aromatic heterocycles. The second-order valence-corrected chi connectivity index (χ2v) is 6.16. The molecule has 0 aliphatic rings. The number of rotatable bonds is 4. The molecule has 1 rings (SSSR count). The van der Waals surface area contributed by atoms with Crippen molar-refractivity contribution >= 4 is 33.3 Å². The first kappa shape index (κ1) is 14.7. The van der Waals surface area contributed by atoms with Crippen molar-refractivity contribution < 1.29 is 13.2 Å². The van der Waals surface area contributed by atoms with E-state index in [-0.39, 0.29) is 6.54 Å². The van der Waals surface area contributed by atoms with Gasteiger partial charge in [-0.1, -0.05) is 17.7 Å². The third kappa shape index (κ3) is 4.91. The number of sulfonamides is 1. The normalized spacial score (nSPS) is 12.8. The third-order valence-electron chi connectivity index (χ3n) is 2.19. The lowest BCUT2D eigenvalue weighted by atomic mass is 10.3. The molecule has 0 heterocycles. The van der Waals surface area contributed by atoms with Crippen LogP contribution in [-0.4, -0.2) is 26.2 Å². The van der Waals surface area contributed by atoms with E-state index in [9.17, 15) is 13.2 Å². The van der Waals surface area contributed by atoms with Crippen LogP contribution in [0.1, 0.15) is 6.92 Å². The van der Waals surface area contributed by atoms with Crippen molar-refractivity contribution in [3.05, 3.63) is 29.3 Å². The zero-order valence-electron chi connectivity index (χ0n) is 9.68. The standard InChI is InChI=1S/C10H14ClN3O3S/c1-7(18(12,16)17)6-13-10(15)14-9-4-2-3-8(11)5-9/h2-5,7H,6H2,1H3,(H2,12,16,17)(H2,13,14,15)/t7-/m0/s1. The average Bonchev–Trinajstić information content (AvgIpc) is 2.24. The fourth-order valence-corrected chi connectivity index (χ4v) is 1.60. The number of hydrogen-bond donors (Lipinski definition) is 3. The highest BCUT2D eigenvalue weighted by atomic mass is 35.5. The number of benzene rings is 1. The summed E-state index contributed by atoms with van der Waals surface area (Å²) in [4.78, 5) is 11.5. The summed E-state index contributed by atoms with van der Waals surface area (Å²) >= 11 is 5.75. The van der Waals surface area contributed by atoms with E-state index in [1.165, 1.54) is 6.92 Å². The lowest BCUT2D eigenvalue weighted by molar-refractivity contribution is 0.252. The van der Waals surface area contributed by atoms with Gasteiger partial charge in [0, 0.05) is 17.3 Å². The Morgan fingerprint density at radius 3 is 2.72 bits per heavy atom. The van der Waals surface area contributed by atoms with Crippen molar-refractivity contribution in [1.82, 2.24) is 5.32 Å². The number of primary sulfonamides is 1. The maximum absolute atomic E-state index is 11.5. The zero-order chi connectivity index (χ0) is 13.8. The summed E-state index contributed by atoms with van der Waals surface area (Å²) < 4.78 is 21.9. The van der Waals surface area contributed by atoms with Crippen LogP contribution in [0.3, 0.4) is 0 Å². The van der Waals surface area contributed by atoms with Gasteiger partial charge in [-0.15, -0.1) is 0 Å². The molecule has 0 radical (unpaired) electrons. The predicted molar refractivity (Wildman–Crippen MR) is 71.0 cm³/mol. The lowest BCUT2D eigenvalue weighted by Gasteiger charge is -2.11.